The van der Waals surface area contributed by atoms with E-state index >= 15 is 0 Å². The molecule has 1 amide bonds. The highest BCUT2D eigenvalue weighted by Crippen LogP contribution is 2.43. The van der Waals surface area contributed by atoms with E-state index in [-0.39, 0.29) is 24.2 Å². The number of primary amides is 1. The lowest BCUT2D eigenvalue weighted by atomic mass is 9.76. The number of nitrogens with zero attached hydrogens (tertiary/aromatic N) is 1. The van der Waals surface area contributed by atoms with Crippen LogP contribution in [0.15, 0.2) is 30.3 Å². The first-order valence-electron chi connectivity index (χ1n) is 10.3. The summed E-state index contributed by atoms with van der Waals surface area (Å²) in [5.41, 5.74) is 7.29. The van der Waals surface area contributed by atoms with Gasteiger partial charge in [-0.3, -0.25) is 4.79 Å². The summed E-state index contributed by atoms with van der Waals surface area (Å²) in [6.07, 6.45) is 3.63. The fourth-order valence-corrected chi connectivity index (χ4v) is 4.35. The largest absolute Gasteiger partial charge is 0.443 e. The van der Waals surface area contributed by atoms with Gasteiger partial charge in [-0.2, -0.15) is 0 Å². The molecule has 2 saturated carbocycles. The maximum absolute atomic E-state index is 14.1. The number of ether oxygens (including phenoxy) is 1. The van der Waals surface area contributed by atoms with Gasteiger partial charge in [-0.25, -0.2) is 18.6 Å². The standard InChI is InChI=1S/C23H24F2N2O3/c24-19-3-1-2-17(20(19)25)13-6-8-15(9-7-13)22(28)21-18(14-4-5-14)11-10-16(27-21)12-30-23(26)29/h1-3,10-11,13-15H,4-9,12H2,(H2,26,29). The van der Waals surface area contributed by atoms with Crippen LogP contribution in [0.1, 0.15) is 77.7 Å². The number of nitrogens with two attached hydrogens (primary N) is 1. The van der Waals surface area contributed by atoms with E-state index in [4.69, 9.17) is 10.5 Å². The minimum Gasteiger partial charge on any atom is -0.443 e. The van der Waals surface area contributed by atoms with Gasteiger partial charge in [0.1, 0.15) is 12.3 Å². The maximum atomic E-state index is 14.1. The van der Waals surface area contributed by atoms with E-state index in [1.165, 1.54) is 6.07 Å². The van der Waals surface area contributed by atoms with E-state index in [1.54, 1.807) is 12.1 Å². The van der Waals surface area contributed by atoms with Crippen LogP contribution in [-0.2, 0) is 11.3 Å². The molecule has 0 atom stereocenters. The highest BCUT2D eigenvalue weighted by Gasteiger charge is 2.34. The molecule has 2 N–H and O–H groups in total. The fourth-order valence-electron chi connectivity index (χ4n) is 4.35. The SMILES string of the molecule is NC(=O)OCc1ccc(C2CC2)c(C(=O)C2CCC(c3cccc(F)c3F)CC2)n1. The molecule has 2 aliphatic rings. The van der Waals surface area contributed by atoms with Crippen LogP contribution in [0.5, 0.6) is 0 Å². The number of benzene rings is 1. The molecule has 0 bridgehead atoms. The van der Waals surface area contributed by atoms with E-state index in [2.05, 4.69) is 4.98 Å². The van der Waals surface area contributed by atoms with Crippen LogP contribution in [0.2, 0.25) is 0 Å². The van der Waals surface area contributed by atoms with Gasteiger partial charge in [-0.15, -0.1) is 0 Å². The molecule has 4 rings (SSSR count). The zero-order chi connectivity index (χ0) is 21.3. The molecular formula is C23H24F2N2O3. The van der Waals surface area contributed by atoms with Gasteiger partial charge in [0.2, 0.25) is 0 Å². The first-order valence-corrected chi connectivity index (χ1v) is 10.3. The second kappa shape index (κ2) is 8.50. The lowest BCUT2D eigenvalue weighted by Gasteiger charge is -2.28. The van der Waals surface area contributed by atoms with Crippen LogP contribution >= 0.6 is 0 Å². The minimum atomic E-state index is -0.890. The van der Waals surface area contributed by atoms with E-state index in [0.29, 0.717) is 48.6 Å². The summed E-state index contributed by atoms with van der Waals surface area (Å²) in [6, 6.07) is 7.92. The first kappa shape index (κ1) is 20.4. The Morgan fingerprint density at radius 3 is 2.30 bits per heavy atom. The van der Waals surface area contributed by atoms with E-state index in [0.717, 1.165) is 24.5 Å². The van der Waals surface area contributed by atoms with Crippen molar-refractivity contribution in [3.05, 3.63) is 64.5 Å². The van der Waals surface area contributed by atoms with Crippen LogP contribution in [0.4, 0.5) is 13.6 Å². The third-order valence-corrected chi connectivity index (χ3v) is 6.12. The van der Waals surface area contributed by atoms with Crippen molar-refractivity contribution < 1.29 is 23.1 Å². The van der Waals surface area contributed by atoms with Crippen molar-refractivity contribution in [3.63, 3.8) is 0 Å². The third kappa shape index (κ3) is 4.35. The number of halogens is 2. The topological polar surface area (TPSA) is 82.3 Å². The number of Topliss-reactive ketones (excluding diaryl/α,β-unsaturated/α-hetero) is 1. The third-order valence-electron chi connectivity index (χ3n) is 6.12. The average molecular weight is 414 g/mol. The minimum absolute atomic E-state index is 0.0176. The molecule has 30 heavy (non-hydrogen) atoms. The van der Waals surface area contributed by atoms with E-state index in [9.17, 15) is 18.4 Å². The summed E-state index contributed by atoms with van der Waals surface area (Å²) in [5.74, 6) is -1.58. The highest BCUT2D eigenvalue weighted by molar-refractivity contribution is 5.97. The Hall–Kier alpha value is -2.83. The molecule has 0 saturated heterocycles. The molecule has 2 fully saturated rings. The van der Waals surface area contributed by atoms with Gasteiger partial charge in [0.05, 0.1) is 5.69 Å². The predicted octanol–water partition coefficient (Wildman–Crippen LogP) is 4.99. The zero-order valence-electron chi connectivity index (χ0n) is 16.6. The van der Waals surface area contributed by atoms with Crippen molar-refractivity contribution in [2.45, 2.75) is 57.0 Å². The number of aromatic nitrogens is 1. The molecule has 1 aromatic carbocycles. The molecule has 1 aromatic heterocycles. The van der Waals surface area contributed by atoms with Gasteiger partial charge < -0.3 is 10.5 Å². The summed E-state index contributed by atoms with van der Waals surface area (Å²) in [6.45, 7) is -0.0772. The summed E-state index contributed by atoms with van der Waals surface area (Å²) in [7, 11) is 0. The van der Waals surface area contributed by atoms with E-state index < -0.39 is 17.7 Å². The van der Waals surface area contributed by atoms with Crippen LogP contribution in [0, 0.1) is 17.6 Å². The Bertz CT molecular complexity index is 967. The monoisotopic (exact) mass is 414 g/mol. The van der Waals surface area contributed by atoms with Crippen molar-refractivity contribution >= 4 is 11.9 Å². The van der Waals surface area contributed by atoms with Crippen molar-refractivity contribution in [2.24, 2.45) is 11.7 Å². The molecular weight excluding hydrogens is 390 g/mol. The van der Waals surface area contributed by atoms with Crippen molar-refractivity contribution in [3.8, 4) is 0 Å². The second-order valence-corrected chi connectivity index (χ2v) is 8.18. The highest BCUT2D eigenvalue weighted by atomic mass is 19.2. The Kier molecular flexibility index (Phi) is 5.79. The number of carbonyl (C=O) groups excluding carboxylic acids is 2. The number of carbonyl (C=O) groups is 2. The second-order valence-electron chi connectivity index (χ2n) is 8.18. The van der Waals surface area contributed by atoms with Crippen molar-refractivity contribution in [1.82, 2.24) is 4.98 Å². The number of amides is 1. The summed E-state index contributed by atoms with van der Waals surface area (Å²) in [5, 5.41) is 0. The lowest BCUT2D eigenvalue weighted by molar-refractivity contribution is 0.0876. The lowest BCUT2D eigenvalue weighted by Crippen LogP contribution is -2.24. The van der Waals surface area contributed by atoms with Crippen LogP contribution in [0.3, 0.4) is 0 Å². The molecule has 7 heteroatoms. The van der Waals surface area contributed by atoms with Crippen molar-refractivity contribution in [1.29, 1.82) is 0 Å². The molecule has 2 aliphatic carbocycles. The molecule has 158 valence electrons. The molecule has 1 heterocycles. The summed E-state index contributed by atoms with van der Waals surface area (Å²) >= 11 is 0. The van der Waals surface area contributed by atoms with Gasteiger partial charge >= 0.3 is 6.09 Å². The molecule has 0 unspecified atom stereocenters. The molecule has 0 radical (unpaired) electrons. The smallest absolute Gasteiger partial charge is 0.404 e. The van der Waals surface area contributed by atoms with E-state index in [1.807, 2.05) is 6.07 Å². The average Bonchev–Trinajstić information content (AvgIpc) is 3.59. The maximum Gasteiger partial charge on any atom is 0.404 e. The van der Waals surface area contributed by atoms with Crippen LogP contribution in [-0.4, -0.2) is 16.9 Å². The van der Waals surface area contributed by atoms with Gasteiger partial charge in [-0.1, -0.05) is 18.2 Å². The number of hydrogen-bond acceptors (Lipinski definition) is 4. The van der Waals surface area contributed by atoms with Gasteiger partial charge in [0.25, 0.3) is 0 Å². The Labute approximate surface area is 173 Å². The van der Waals surface area contributed by atoms with Crippen molar-refractivity contribution in [2.75, 3.05) is 0 Å². The molecule has 2 aromatic rings. The van der Waals surface area contributed by atoms with Gasteiger partial charge in [0, 0.05) is 5.92 Å². The fraction of sp³-hybridized carbons (Fsp3) is 0.435. The van der Waals surface area contributed by atoms with Crippen LogP contribution < -0.4 is 5.73 Å². The normalized spacial score (nSPS) is 21.3. The summed E-state index contributed by atoms with van der Waals surface area (Å²) < 4.78 is 32.5. The Morgan fingerprint density at radius 2 is 1.63 bits per heavy atom. The zero-order valence-corrected chi connectivity index (χ0v) is 16.6. The molecule has 5 nitrogen and oxygen atoms in total. The number of rotatable bonds is 6. The Balaban J connectivity index is 1.49. The first-order chi connectivity index (χ1) is 14.4. The Morgan fingerprint density at radius 1 is 0.967 bits per heavy atom. The quantitative estimate of drug-likeness (QED) is 0.675. The van der Waals surface area contributed by atoms with Gasteiger partial charge in [0.15, 0.2) is 17.4 Å². The van der Waals surface area contributed by atoms with Crippen LogP contribution in [0.25, 0.3) is 0 Å². The summed E-state index contributed by atoms with van der Waals surface area (Å²) in [4.78, 5) is 28.6. The molecule has 0 aliphatic heterocycles. The van der Waals surface area contributed by atoms with Gasteiger partial charge in [-0.05, 0) is 73.6 Å². The number of ketones is 1. The molecule has 0 spiro atoms. The predicted molar refractivity (Wildman–Crippen MR) is 106 cm³/mol. The number of pyridine rings is 1. The number of hydrogen-bond donors (Lipinski definition) is 1.